The van der Waals surface area contributed by atoms with E-state index in [-0.39, 0.29) is 0 Å². The lowest BCUT2D eigenvalue weighted by Gasteiger charge is -2.11. The van der Waals surface area contributed by atoms with E-state index in [1.54, 1.807) is 0 Å². The molecule has 2 heteroatoms. The lowest BCUT2D eigenvalue weighted by molar-refractivity contribution is 0.522. The van der Waals surface area contributed by atoms with E-state index in [0.29, 0.717) is 0 Å². The van der Waals surface area contributed by atoms with Crippen LogP contribution in [-0.2, 0) is 13.0 Å². The molecule has 0 amide bonds. The Bertz CT molecular complexity index is 214. The molecule has 0 aliphatic carbocycles. The van der Waals surface area contributed by atoms with Crippen LogP contribution in [0.3, 0.4) is 0 Å². The molecule has 1 aromatic rings. The van der Waals surface area contributed by atoms with Gasteiger partial charge in [-0.2, -0.15) is 0 Å². The van der Waals surface area contributed by atoms with Crippen LogP contribution in [0.15, 0.2) is 6.20 Å². The topological polar surface area (TPSA) is 17.8 Å². The Balaban J connectivity index is 0.000000336. The van der Waals surface area contributed by atoms with Crippen molar-refractivity contribution in [1.29, 1.82) is 0 Å². The monoisotopic (exact) mass is 166 g/mol. The molecule has 0 saturated heterocycles. The Morgan fingerprint density at radius 2 is 2.08 bits per heavy atom. The van der Waals surface area contributed by atoms with Gasteiger partial charge in [0.25, 0.3) is 0 Å². The minimum atomic E-state index is 1.16. The number of fused-ring (bicyclic) bond motifs is 1. The normalized spacial score (nSPS) is 14.6. The van der Waals surface area contributed by atoms with Crippen molar-refractivity contribution in [3.05, 3.63) is 17.7 Å². The van der Waals surface area contributed by atoms with Crippen LogP contribution < -0.4 is 0 Å². The van der Waals surface area contributed by atoms with Crippen LogP contribution in [0.1, 0.15) is 38.2 Å². The molecule has 0 spiro atoms. The van der Waals surface area contributed by atoms with Gasteiger partial charge < -0.3 is 4.57 Å². The van der Waals surface area contributed by atoms with Gasteiger partial charge in [0, 0.05) is 19.2 Å². The molecule has 1 aliphatic heterocycles. The van der Waals surface area contributed by atoms with Crippen molar-refractivity contribution in [3.63, 3.8) is 0 Å². The first kappa shape index (κ1) is 9.30. The molecule has 2 heterocycles. The van der Waals surface area contributed by atoms with Crippen LogP contribution in [0.5, 0.6) is 0 Å². The maximum Gasteiger partial charge on any atom is 0.108 e. The lowest BCUT2D eigenvalue weighted by Crippen LogP contribution is -2.08. The van der Waals surface area contributed by atoms with Crippen LogP contribution in [0.4, 0.5) is 0 Å². The Morgan fingerprint density at radius 3 is 2.75 bits per heavy atom. The van der Waals surface area contributed by atoms with Gasteiger partial charge in [-0.25, -0.2) is 4.98 Å². The number of aryl methyl sites for hydroxylation is 3. The molecule has 2 nitrogen and oxygen atoms in total. The standard InChI is InChI=1S/C8H12N2.C2H6/c1-7-6-10-5-3-2-4-8(10)9-7;1-2/h6H,2-5H2,1H3;1-2H3. The van der Waals surface area contributed by atoms with E-state index < -0.39 is 0 Å². The van der Waals surface area contributed by atoms with Gasteiger partial charge in [-0.3, -0.25) is 0 Å². The van der Waals surface area contributed by atoms with E-state index in [2.05, 4.69) is 22.7 Å². The maximum atomic E-state index is 4.41. The van der Waals surface area contributed by atoms with E-state index in [4.69, 9.17) is 0 Å². The van der Waals surface area contributed by atoms with Crippen molar-refractivity contribution in [1.82, 2.24) is 9.55 Å². The minimum absolute atomic E-state index is 1.16. The number of hydrogen-bond acceptors (Lipinski definition) is 1. The largest absolute Gasteiger partial charge is 0.335 e. The highest BCUT2D eigenvalue weighted by atomic mass is 15.1. The summed E-state index contributed by atoms with van der Waals surface area (Å²) in [5.74, 6) is 1.28. The number of aromatic nitrogens is 2. The lowest BCUT2D eigenvalue weighted by atomic mass is 10.2. The fraction of sp³-hybridized carbons (Fsp3) is 0.700. The summed E-state index contributed by atoms with van der Waals surface area (Å²) in [7, 11) is 0. The van der Waals surface area contributed by atoms with Crippen LogP contribution >= 0.6 is 0 Å². The van der Waals surface area contributed by atoms with Gasteiger partial charge in [-0.15, -0.1) is 0 Å². The molecule has 0 saturated carbocycles. The molecule has 1 aromatic heterocycles. The molecule has 2 rings (SSSR count). The number of hydrogen-bond donors (Lipinski definition) is 0. The molecule has 68 valence electrons. The minimum Gasteiger partial charge on any atom is -0.335 e. The molecule has 0 fully saturated rings. The van der Waals surface area contributed by atoms with Gasteiger partial charge in [-0.05, 0) is 19.8 Å². The average Bonchev–Trinajstić information content (AvgIpc) is 2.48. The fourth-order valence-electron chi connectivity index (χ4n) is 1.56. The van der Waals surface area contributed by atoms with Crippen molar-refractivity contribution in [2.45, 2.75) is 46.6 Å². The average molecular weight is 166 g/mol. The molecule has 0 unspecified atom stereocenters. The Morgan fingerprint density at radius 1 is 1.33 bits per heavy atom. The van der Waals surface area contributed by atoms with Gasteiger partial charge in [-0.1, -0.05) is 13.8 Å². The van der Waals surface area contributed by atoms with Crippen LogP contribution in [0, 0.1) is 6.92 Å². The second-order valence-corrected chi connectivity index (χ2v) is 2.95. The third-order valence-electron chi connectivity index (χ3n) is 2.03. The zero-order chi connectivity index (χ0) is 8.97. The Kier molecular flexibility index (Phi) is 3.32. The van der Waals surface area contributed by atoms with E-state index in [9.17, 15) is 0 Å². The number of nitrogens with zero attached hydrogens (tertiary/aromatic N) is 2. The SMILES string of the molecule is CC.Cc1cn2c(n1)CCCC2. The summed E-state index contributed by atoms with van der Waals surface area (Å²) in [6, 6.07) is 0. The molecule has 0 bridgehead atoms. The van der Waals surface area contributed by atoms with E-state index in [0.717, 1.165) is 5.69 Å². The van der Waals surface area contributed by atoms with Gasteiger partial charge in [0.15, 0.2) is 0 Å². The summed E-state index contributed by atoms with van der Waals surface area (Å²) in [5, 5.41) is 0. The van der Waals surface area contributed by atoms with Crippen molar-refractivity contribution in [3.8, 4) is 0 Å². The quantitative estimate of drug-likeness (QED) is 0.579. The maximum absolute atomic E-state index is 4.41. The zero-order valence-corrected chi connectivity index (χ0v) is 8.30. The third-order valence-corrected chi connectivity index (χ3v) is 2.03. The first-order valence-corrected chi connectivity index (χ1v) is 4.89. The molecule has 0 aromatic carbocycles. The molecule has 1 aliphatic rings. The van der Waals surface area contributed by atoms with Crippen molar-refractivity contribution >= 4 is 0 Å². The summed E-state index contributed by atoms with van der Waals surface area (Å²) >= 11 is 0. The van der Waals surface area contributed by atoms with Crippen molar-refractivity contribution in [2.75, 3.05) is 0 Å². The summed E-state index contributed by atoms with van der Waals surface area (Å²) < 4.78 is 2.28. The van der Waals surface area contributed by atoms with Crippen LogP contribution in [0.25, 0.3) is 0 Å². The van der Waals surface area contributed by atoms with E-state index in [1.807, 2.05) is 13.8 Å². The van der Waals surface area contributed by atoms with Gasteiger partial charge >= 0.3 is 0 Å². The second kappa shape index (κ2) is 4.29. The molecule has 0 radical (unpaired) electrons. The molecule has 12 heavy (non-hydrogen) atoms. The highest BCUT2D eigenvalue weighted by Gasteiger charge is 2.09. The first-order valence-electron chi connectivity index (χ1n) is 4.89. The van der Waals surface area contributed by atoms with Gasteiger partial charge in [0.1, 0.15) is 5.82 Å². The smallest absolute Gasteiger partial charge is 0.108 e. The van der Waals surface area contributed by atoms with Gasteiger partial charge in [0.2, 0.25) is 0 Å². The Hall–Kier alpha value is -0.790. The first-order chi connectivity index (χ1) is 5.86. The second-order valence-electron chi connectivity index (χ2n) is 2.95. The van der Waals surface area contributed by atoms with Crippen LogP contribution in [-0.4, -0.2) is 9.55 Å². The number of rotatable bonds is 0. The Labute approximate surface area is 74.6 Å². The highest BCUT2D eigenvalue weighted by Crippen LogP contribution is 2.13. The zero-order valence-electron chi connectivity index (χ0n) is 8.30. The van der Waals surface area contributed by atoms with Crippen molar-refractivity contribution < 1.29 is 0 Å². The molecule has 0 N–H and O–H groups in total. The summed E-state index contributed by atoms with van der Waals surface area (Å²) in [5.41, 5.74) is 1.16. The predicted molar refractivity (Wildman–Crippen MR) is 51.3 cm³/mol. The number of imidazole rings is 1. The van der Waals surface area contributed by atoms with E-state index >= 15 is 0 Å². The predicted octanol–water partition coefficient (Wildman–Crippen LogP) is 2.55. The molecular formula is C10H18N2. The van der Waals surface area contributed by atoms with E-state index in [1.165, 1.54) is 31.6 Å². The van der Waals surface area contributed by atoms with Gasteiger partial charge in [0.05, 0.1) is 5.69 Å². The van der Waals surface area contributed by atoms with Crippen LogP contribution in [0.2, 0.25) is 0 Å². The summed E-state index contributed by atoms with van der Waals surface area (Å²) in [6.45, 7) is 7.24. The molecule has 0 atom stereocenters. The molecular weight excluding hydrogens is 148 g/mol. The van der Waals surface area contributed by atoms with Crippen molar-refractivity contribution in [2.24, 2.45) is 0 Å². The highest BCUT2D eigenvalue weighted by molar-refractivity contribution is 5.03. The fourth-order valence-corrected chi connectivity index (χ4v) is 1.56. The summed E-state index contributed by atoms with van der Waals surface area (Å²) in [4.78, 5) is 4.41. The third kappa shape index (κ3) is 1.87. The summed E-state index contributed by atoms with van der Waals surface area (Å²) in [6.07, 6.45) is 5.96.